The molecule has 2 aliphatic carbocycles. The predicted octanol–water partition coefficient (Wildman–Crippen LogP) is 3.24. The standard InChI is InChI=1S/C22H26N2O3/c25-20(23-11-5-1-2-6-12-23)16-7-3-4-8-17(16)24-21(26)18-14-9-10-15(13-14)19(18)22(24)27/h3-4,7-8,14-15,18-19H,1-2,5-6,9-13H2/t14-,15-,18+,19+/m0/s1. The number of likely N-dealkylation sites (tertiary alicyclic amines) is 1. The van der Waals surface area contributed by atoms with Crippen molar-refractivity contribution in [3.63, 3.8) is 0 Å². The molecule has 5 rings (SSSR count). The van der Waals surface area contributed by atoms with Crippen LogP contribution in [0.1, 0.15) is 55.3 Å². The average Bonchev–Trinajstić information content (AvgIpc) is 3.28. The second-order valence-corrected chi connectivity index (χ2v) is 8.62. The Morgan fingerprint density at radius 3 is 2.07 bits per heavy atom. The minimum absolute atomic E-state index is 0.0480. The van der Waals surface area contributed by atoms with E-state index in [1.165, 1.54) is 4.90 Å². The molecule has 4 aliphatic rings. The molecule has 5 nitrogen and oxygen atoms in total. The summed E-state index contributed by atoms with van der Waals surface area (Å²) in [6, 6.07) is 7.18. The first-order chi connectivity index (χ1) is 13.2. The van der Waals surface area contributed by atoms with Gasteiger partial charge in [-0.25, -0.2) is 4.90 Å². The fourth-order valence-corrected chi connectivity index (χ4v) is 5.94. The van der Waals surface area contributed by atoms with Crippen molar-refractivity contribution in [2.45, 2.75) is 44.9 Å². The highest BCUT2D eigenvalue weighted by atomic mass is 16.2. The van der Waals surface area contributed by atoms with Gasteiger partial charge in [0, 0.05) is 13.1 Å². The molecule has 2 aliphatic heterocycles. The Balaban J connectivity index is 1.48. The molecule has 1 aromatic rings. The summed E-state index contributed by atoms with van der Waals surface area (Å²) < 4.78 is 0. The van der Waals surface area contributed by atoms with Gasteiger partial charge in [0.15, 0.2) is 0 Å². The largest absolute Gasteiger partial charge is 0.339 e. The lowest BCUT2D eigenvalue weighted by Crippen LogP contribution is -2.37. The van der Waals surface area contributed by atoms with E-state index in [0.29, 0.717) is 23.1 Å². The quantitative estimate of drug-likeness (QED) is 0.755. The molecule has 2 heterocycles. The van der Waals surface area contributed by atoms with Gasteiger partial charge in [0.25, 0.3) is 5.91 Å². The third kappa shape index (κ3) is 2.54. The molecule has 1 aromatic carbocycles. The third-order valence-corrected chi connectivity index (χ3v) is 7.20. The van der Waals surface area contributed by atoms with Crippen molar-refractivity contribution < 1.29 is 14.4 Å². The molecular weight excluding hydrogens is 340 g/mol. The van der Waals surface area contributed by atoms with Gasteiger partial charge in [-0.2, -0.15) is 0 Å². The van der Waals surface area contributed by atoms with Crippen LogP contribution in [0.3, 0.4) is 0 Å². The minimum Gasteiger partial charge on any atom is -0.339 e. The smallest absolute Gasteiger partial charge is 0.255 e. The van der Waals surface area contributed by atoms with Crippen LogP contribution in [0.2, 0.25) is 0 Å². The van der Waals surface area contributed by atoms with Crippen LogP contribution in [-0.2, 0) is 9.59 Å². The molecule has 142 valence electrons. The number of benzene rings is 1. The molecule has 2 bridgehead atoms. The highest BCUT2D eigenvalue weighted by Crippen LogP contribution is 2.56. The number of rotatable bonds is 2. The zero-order chi connectivity index (χ0) is 18.5. The van der Waals surface area contributed by atoms with E-state index in [4.69, 9.17) is 0 Å². The maximum Gasteiger partial charge on any atom is 0.255 e. The molecule has 4 atom stereocenters. The van der Waals surface area contributed by atoms with Crippen LogP contribution in [0.25, 0.3) is 0 Å². The van der Waals surface area contributed by atoms with Gasteiger partial charge >= 0.3 is 0 Å². The predicted molar refractivity (Wildman–Crippen MR) is 101 cm³/mol. The molecule has 0 radical (unpaired) electrons. The summed E-state index contributed by atoms with van der Waals surface area (Å²) in [5.41, 5.74) is 0.990. The fraction of sp³-hybridized carbons (Fsp3) is 0.591. The van der Waals surface area contributed by atoms with Gasteiger partial charge in [-0.05, 0) is 56.1 Å². The second kappa shape index (κ2) is 6.47. The van der Waals surface area contributed by atoms with Crippen molar-refractivity contribution in [1.29, 1.82) is 0 Å². The highest BCUT2D eigenvalue weighted by molar-refractivity contribution is 6.24. The zero-order valence-corrected chi connectivity index (χ0v) is 15.6. The maximum absolute atomic E-state index is 13.2. The van der Waals surface area contributed by atoms with Crippen molar-refractivity contribution in [2.24, 2.45) is 23.7 Å². The van der Waals surface area contributed by atoms with E-state index in [1.54, 1.807) is 12.1 Å². The summed E-state index contributed by atoms with van der Waals surface area (Å²) in [6.07, 6.45) is 7.49. The summed E-state index contributed by atoms with van der Waals surface area (Å²) in [5.74, 6) is 0.204. The summed E-state index contributed by atoms with van der Waals surface area (Å²) >= 11 is 0. The van der Waals surface area contributed by atoms with Crippen LogP contribution >= 0.6 is 0 Å². The first-order valence-electron chi connectivity index (χ1n) is 10.4. The molecule has 2 saturated heterocycles. The molecule has 5 heteroatoms. The van der Waals surface area contributed by atoms with Gasteiger partial charge in [-0.3, -0.25) is 14.4 Å². The van der Waals surface area contributed by atoms with E-state index in [-0.39, 0.29) is 29.6 Å². The number of nitrogens with zero attached hydrogens (tertiary/aromatic N) is 2. The molecule has 4 fully saturated rings. The van der Waals surface area contributed by atoms with Gasteiger partial charge < -0.3 is 4.90 Å². The van der Waals surface area contributed by atoms with Crippen molar-refractivity contribution >= 4 is 23.4 Å². The molecule has 27 heavy (non-hydrogen) atoms. The number of carbonyl (C=O) groups excluding carboxylic acids is 3. The first-order valence-corrected chi connectivity index (χ1v) is 10.4. The van der Waals surface area contributed by atoms with Gasteiger partial charge in [0.05, 0.1) is 23.1 Å². The molecular formula is C22H26N2O3. The lowest BCUT2D eigenvalue weighted by Gasteiger charge is -2.24. The first kappa shape index (κ1) is 17.0. The molecule has 2 saturated carbocycles. The summed E-state index contributed by atoms with van der Waals surface area (Å²) in [5, 5.41) is 0. The Morgan fingerprint density at radius 1 is 0.852 bits per heavy atom. The van der Waals surface area contributed by atoms with Crippen molar-refractivity contribution in [2.75, 3.05) is 18.0 Å². The summed E-state index contributed by atoms with van der Waals surface area (Å²) in [7, 11) is 0. The number of carbonyl (C=O) groups is 3. The van der Waals surface area contributed by atoms with E-state index in [9.17, 15) is 14.4 Å². The molecule has 0 aromatic heterocycles. The third-order valence-electron chi connectivity index (χ3n) is 7.20. The topological polar surface area (TPSA) is 57.7 Å². The Morgan fingerprint density at radius 2 is 1.44 bits per heavy atom. The van der Waals surface area contributed by atoms with Gasteiger partial charge in [0.2, 0.25) is 11.8 Å². The Labute approximate surface area is 159 Å². The Bertz CT molecular complexity index is 769. The molecule has 0 spiro atoms. The van der Waals surface area contributed by atoms with Crippen molar-refractivity contribution in [3.05, 3.63) is 29.8 Å². The Hall–Kier alpha value is -2.17. The van der Waals surface area contributed by atoms with Crippen molar-refractivity contribution in [3.8, 4) is 0 Å². The van der Waals surface area contributed by atoms with E-state index in [0.717, 1.165) is 58.0 Å². The number of imide groups is 1. The van der Waals surface area contributed by atoms with E-state index < -0.39 is 0 Å². The van der Waals surface area contributed by atoms with Crippen LogP contribution in [0.15, 0.2) is 24.3 Å². The van der Waals surface area contributed by atoms with Crippen LogP contribution < -0.4 is 4.90 Å². The second-order valence-electron chi connectivity index (χ2n) is 8.62. The molecule has 3 amide bonds. The average molecular weight is 366 g/mol. The monoisotopic (exact) mass is 366 g/mol. The van der Waals surface area contributed by atoms with Gasteiger partial charge in [-0.1, -0.05) is 25.0 Å². The number of hydrogen-bond acceptors (Lipinski definition) is 3. The van der Waals surface area contributed by atoms with E-state index in [2.05, 4.69) is 0 Å². The van der Waals surface area contributed by atoms with E-state index in [1.807, 2.05) is 17.0 Å². The highest BCUT2D eigenvalue weighted by Gasteiger charge is 2.61. The van der Waals surface area contributed by atoms with Crippen LogP contribution in [-0.4, -0.2) is 35.7 Å². The van der Waals surface area contributed by atoms with Gasteiger partial charge in [0.1, 0.15) is 0 Å². The van der Waals surface area contributed by atoms with Crippen LogP contribution in [0.4, 0.5) is 5.69 Å². The number of hydrogen-bond donors (Lipinski definition) is 0. The lowest BCUT2D eigenvalue weighted by atomic mass is 9.81. The normalized spacial score (nSPS) is 32.7. The van der Waals surface area contributed by atoms with Crippen molar-refractivity contribution in [1.82, 2.24) is 4.90 Å². The number of fused-ring (bicyclic) bond motifs is 5. The molecule has 0 unspecified atom stereocenters. The fourth-order valence-electron chi connectivity index (χ4n) is 5.94. The molecule has 0 N–H and O–H groups in total. The lowest BCUT2D eigenvalue weighted by molar-refractivity contribution is -0.123. The summed E-state index contributed by atoms with van der Waals surface area (Å²) in [4.78, 5) is 42.8. The van der Waals surface area contributed by atoms with Crippen LogP contribution in [0, 0.1) is 23.7 Å². The Kier molecular flexibility index (Phi) is 4.06. The van der Waals surface area contributed by atoms with E-state index >= 15 is 0 Å². The maximum atomic E-state index is 13.2. The van der Waals surface area contributed by atoms with Gasteiger partial charge in [-0.15, -0.1) is 0 Å². The van der Waals surface area contributed by atoms with Crippen LogP contribution in [0.5, 0.6) is 0 Å². The number of amides is 3. The number of anilines is 1. The SMILES string of the molecule is O=C(c1ccccc1N1C(=O)[C@@H]2[C@H]3CC[C@@H](C3)[C@H]2C1=O)N1CCCCCC1. The number of para-hydroxylation sites is 1. The zero-order valence-electron chi connectivity index (χ0n) is 15.6. The summed E-state index contributed by atoms with van der Waals surface area (Å²) in [6.45, 7) is 1.51. The minimum atomic E-state index is -0.155.